The summed E-state index contributed by atoms with van der Waals surface area (Å²) in [5.74, 6) is -0.178. The lowest BCUT2D eigenvalue weighted by molar-refractivity contribution is -0.143. The molecule has 1 saturated carbocycles. The van der Waals surface area contributed by atoms with Crippen molar-refractivity contribution < 1.29 is 18.7 Å². The Kier molecular flexibility index (Phi) is 9.30. The highest BCUT2D eigenvalue weighted by molar-refractivity contribution is 9.10. The number of carbonyl (C=O) groups excluding carboxylic acids is 2. The van der Waals surface area contributed by atoms with E-state index in [1.165, 1.54) is 18.6 Å². The molecule has 33 heavy (non-hydrogen) atoms. The number of hydrogen-bond acceptors (Lipinski definition) is 3. The standard InChI is InChI=1S/C26H32BrFN2O3/c1-3-24(26(32)29-21-7-5-4-6-8-21)30(16-19-9-11-20(28)12-10-19)25(31)17-33-22-13-14-23(27)18(2)15-22/h9-15,21,24H,3-8,16-17H2,1-2H3,(H,29,32)/t24-/m0/s1. The van der Waals surface area contributed by atoms with Gasteiger partial charge in [-0.25, -0.2) is 4.39 Å². The zero-order valence-corrected chi connectivity index (χ0v) is 20.9. The van der Waals surface area contributed by atoms with E-state index in [-0.39, 0.29) is 36.8 Å². The van der Waals surface area contributed by atoms with Crippen LogP contribution in [0.15, 0.2) is 46.9 Å². The lowest BCUT2D eigenvalue weighted by Crippen LogP contribution is -2.52. The van der Waals surface area contributed by atoms with Crippen LogP contribution < -0.4 is 10.1 Å². The maximum atomic E-state index is 13.4. The first-order valence-electron chi connectivity index (χ1n) is 11.6. The maximum Gasteiger partial charge on any atom is 0.261 e. The second kappa shape index (κ2) is 12.2. The van der Waals surface area contributed by atoms with E-state index in [1.807, 2.05) is 26.0 Å². The zero-order valence-electron chi connectivity index (χ0n) is 19.3. The highest BCUT2D eigenvalue weighted by atomic mass is 79.9. The van der Waals surface area contributed by atoms with Crippen molar-refractivity contribution in [3.8, 4) is 5.75 Å². The highest BCUT2D eigenvalue weighted by Crippen LogP contribution is 2.22. The van der Waals surface area contributed by atoms with Crippen LogP contribution in [0.4, 0.5) is 4.39 Å². The molecule has 0 radical (unpaired) electrons. The number of nitrogens with one attached hydrogen (secondary N) is 1. The number of amides is 2. The van der Waals surface area contributed by atoms with Crippen molar-refractivity contribution >= 4 is 27.7 Å². The zero-order chi connectivity index (χ0) is 23.8. The molecule has 2 aromatic rings. The third kappa shape index (κ3) is 7.29. The van der Waals surface area contributed by atoms with E-state index in [9.17, 15) is 14.0 Å². The Morgan fingerprint density at radius 2 is 1.85 bits per heavy atom. The van der Waals surface area contributed by atoms with Crippen LogP contribution in [-0.4, -0.2) is 35.4 Å². The summed E-state index contributed by atoms with van der Waals surface area (Å²) in [5, 5.41) is 3.15. The van der Waals surface area contributed by atoms with Gasteiger partial charge < -0.3 is 15.0 Å². The van der Waals surface area contributed by atoms with Crippen LogP contribution in [0.25, 0.3) is 0 Å². The van der Waals surface area contributed by atoms with Gasteiger partial charge in [-0.15, -0.1) is 0 Å². The lowest BCUT2D eigenvalue weighted by Gasteiger charge is -2.32. The molecule has 1 aliphatic rings. The quantitative estimate of drug-likeness (QED) is 0.474. The van der Waals surface area contributed by atoms with E-state index < -0.39 is 6.04 Å². The van der Waals surface area contributed by atoms with Crippen molar-refractivity contribution in [2.75, 3.05) is 6.61 Å². The Morgan fingerprint density at radius 1 is 1.15 bits per heavy atom. The van der Waals surface area contributed by atoms with Gasteiger partial charge in [-0.2, -0.15) is 0 Å². The molecular formula is C26H32BrFN2O3. The van der Waals surface area contributed by atoms with Crippen LogP contribution in [0.5, 0.6) is 5.75 Å². The molecule has 3 rings (SSSR count). The van der Waals surface area contributed by atoms with E-state index in [0.29, 0.717) is 12.2 Å². The molecule has 0 heterocycles. The molecule has 7 heteroatoms. The van der Waals surface area contributed by atoms with E-state index in [2.05, 4.69) is 21.2 Å². The van der Waals surface area contributed by atoms with Crippen molar-refractivity contribution in [1.29, 1.82) is 0 Å². The minimum Gasteiger partial charge on any atom is -0.484 e. The van der Waals surface area contributed by atoms with Gasteiger partial charge in [0, 0.05) is 17.1 Å². The number of halogens is 2. The van der Waals surface area contributed by atoms with Crippen LogP contribution in [0.3, 0.4) is 0 Å². The number of carbonyl (C=O) groups is 2. The molecule has 1 aliphatic carbocycles. The molecule has 1 fully saturated rings. The molecule has 178 valence electrons. The molecule has 5 nitrogen and oxygen atoms in total. The number of nitrogens with zero attached hydrogens (tertiary/aromatic N) is 1. The van der Waals surface area contributed by atoms with Crippen LogP contribution >= 0.6 is 15.9 Å². The van der Waals surface area contributed by atoms with Gasteiger partial charge in [0.15, 0.2) is 6.61 Å². The van der Waals surface area contributed by atoms with Gasteiger partial charge in [0.1, 0.15) is 17.6 Å². The minimum absolute atomic E-state index is 0.139. The molecule has 0 spiro atoms. The van der Waals surface area contributed by atoms with Gasteiger partial charge in [0.25, 0.3) is 5.91 Å². The Labute approximate surface area is 203 Å². The first-order valence-corrected chi connectivity index (χ1v) is 12.4. The Bertz CT molecular complexity index is 945. The summed E-state index contributed by atoms with van der Waals surface area (Å²) >= 11 is 3.46. The van der Waals surface area contributed by atoms with Gasteiger partial charge in [-0.3, -0.25) is 9.59 Å². The Balaban J connectivity index is 1.75. The summed E-state index contributed by atoms with van der Waals surface area (Å²) in [6.45, 7) is 3.87. The first-order chi connectivity index (χ1) is 15.9. The van der Waals surface area contributed by atoms with Crippen molar-refractivity contribution in [3.63, 3.8) is 0 Å². The molecule has 0 aromatic heterocycles. The molecule has 0 unspecified atom stereocenters. The second-order valence-electron chi connectivity index (χ2n) is 8.62. The van der Waals surface area contributed by atoms with E-state index >= 15 is 0 Å². The third-order valence-electron chi connectivity index (χ3n) is 6.10. The predicted molar refractivity (Wildman–Crippen MR) is 130 cm³/mol. The van der Waals surface area contributed by atoms with Gasteiger partial charge >= 0.3 is 0 Å². The highest BCUT2D eigenvalue weighted by Gasteiger charge is 2.30. The number of hydrogen-bond donors (Lipinski definition) is 1. The summed E-state index contributed by atoms with van der Waals surface area (Å²) < 4.78 is 20.1. The van der Waals surface area contributed by atoms with E-state index in [4.69, 9.17) is 4.74 Å². The average Bonchev–Trinajstić information content (AvgIpc) is 2.81. The largest absolute Gasteiger partial charge is 0.484 e. The molecular weight excluding hydrogens is 487 g/mol. The van der Waals surface area contributed by atoms with Gasteiger partial charge in [-0.05, 0) is 67.6 Å². The molecule has 2 amide bonds. The number of rotatable bonds is 9. The fraction of sp³-hybridized carbons (Fsp3) is 0.462. The monoisotopic (exact) mass is 518 g/mol. The molecule has 2 aromatic carbocycles. The molecule has 1 atom stereocenters. The number of ether oxygens (including phenoxy) is 1. The van der Waals surface area contributed by atoms with Crippen LogP contribution in [0, 0.1) is 12.7 Å². The first kappa shape index (κ1) is 25.2. The fourth-order valence-electron chi connectivity index (χ4n) is 4.19. The Hall–Kier alpha value is -2.41. The fourth-order valence-corrected chi connectivity index (χ4v) is 4.43. The van der Waals surface area contributed by atoms with Crippen molar-refractivity contribution in [3.05, 3.63) is 63.9 Å². The number of aryl methyl sites for hydroxylation is 1. The summed E-state index contributed by atoms with van der Waals surface area (Å²) in [6, 6.07) is 11.1. The van der Waals surface area contributed by atoms with Crippen molar-refractivity contribution in [2.24, 2.45) is 0 Å². The van der Waals surface area contributed by atoms with Crippen molar-refractivity contribution in [2.45, 2.75) is 71.0 Å². The summed E-state index contributed by atoms with van der Waals surface area (Å²) in [4.78, 5) is 28.0. The Morgan fingerprint density at radius 3 is 2.48 bits per heavy atom. The maximum absolute atomic E-state index is 13.4. The van der Waals surface area contributed by atoms with Gasteiger partial charge in [0.05, 0.1) is 0 Å². The normalized spacial score (nSPS) is 15.0. The van der Waals surface area contributed by atoms with Crippen molar-refractivity contribution in [1.82, 2.24) is 10.2 Å². The summed E-state index contributed by atoms with van der Waals surface area (Å²) in [5.41, 5.74) is 1.76. The SMILES string of the molecule is CC[C@@H](C(=O)NC1CCCCC1)N(Cc1ccc(F)cc1)C(=O)COc1ccc(Br)c(C)c1. The average molecular weight is 519 g/mol. The summed E-state index contributed by atoms with van der Waals surface area (Å²) in [7, 11) is 0. The van der Waals surface area contributed by atoms with Gasteiger partial charge in [0.2, 0.25) is 5.91 Å². The van der Waals surface area contributed by atoms with Crippen LogP contribution in [0.1, 0.15) is 56.6 Å². The van der Waals surface area contributed by atoms with E-state index in [0.717, 1.165) is 41.3 Å². The van der Waals surface area contributed by atoms with Gasteiger partial charge in [-0.1, -0.05) is 54.2 Å². The molecule has 1 N–H and O–H groups in total. The van der Waals surface area contributed by atoms with Crippen LogP contribution in [0.2, 0.25) is 0 Å². The second-order valence-corrected chi connectivity index (χ2v) is 9.47. The lowest BCUT2D eigenvalue weighted by atomic mass is 9.95. The number of benzene rings is 2. The van der Waals surface area contributed by atoms with Crippen LogP contribution in [-0.2, 0) is 16.1 Å². The molecule has 0 bridgehead atoms. The van der Waals surface area contributed by atoms with E-state index in [1.54, 1.807) is 23.1 Å². The topological polar surface area (TPSA) is 58.6 Å². The molecule has 0 aliphatic heterocycles. The summed E-state index contributed by atoms with van der Waals surface area (Å²) in [6.07, 6.45) is 5.84. The smallest absolute Gasteiger partial charge is 0.261 e. The molecule has 0 saturated heterocycles. The predicted octanol–water partition coefficient (Wildman–Crippen LogP) is 5.53. The third-order valence-corrected chi connectivity index (χ3v) is 6.99. The minimum atomic E-state index is -0.625.